The average Bonchev–Trinajstić information content (AvgIpc) is 2.28. The number of methoxy groups -OCH3 is 1. The Morgan fingerprint density at radius 3 is 2.75 bits per heavy atom. The van der Waals surface area contributed by atoms with E-state index < -0.39 is 0 Å². The fourth-order valence-corrected chi connectivity index (χ4v) is 1.79. The summed E-state index contributed by atoms with van der Waals surface area (Å²) >= 11 is 0. The van der Waals surface area contributed by atoms with E-state index in [1.165, 1.54) is 0 Å². The monoisotopic (exact) mass is 220 g/mol. The number of ether oxygens (including phenoxy) is 1. The average molecular weight is 220 g/mol. The van der Waals surface area contributed by atoms with Crippen LogP contribution in [0.15, 0.2) is 30.9 Å². The minimum Gasteiger partial charge on any atom is -0.496 e. The Bertz CT molecular complexity index is 361. The molecule has 0 fully saturated rings. The van der Waals surface area contributed by atoms with Gasteiger partial charge in [0.25, 0.3) is 0 Å². The van der Waals surface area contributed by atoms with E-state index in [0.717, 1.165) is 23.5 Å². The van der Waals surface area contributed by atoms with Crippen molar-refractivity contribution in [3.8, 4) is 5.75 Å². The molecule has 0 heterocycles. The summed E-state index contributed by atoms with van der Waals surface area (Å²) in [6, 6.07) is 5.90. The van der Waals surface area contributed by atoms with Gasteiger partial charge < -0.3 is 15.4 Å². The van der Waals surface area contributed by atoms with E-state index in [0.29, 0.717) is 0 Å². The molecule has 0 saturated heterocycles. The summed E-state index contributed by atoms with van der Waals surface area (Å²) < 4.78 is 5.34. The van der Waals surface area contributed by atoms with Gasteiger partial charge in [0.05, 0.1) is 7.11 Å². The number of likely N-dealkylation sites (N-methyl/N-ethyl adjacent to an activating group) is 1. The molecule has 16 heavy (non-hydrogen) atoms. The zero-order valence-electron chi connectivity index (χ0n) is 10.2. The topological polar surface area (TPSA) is 38.5 Å². The van der Waals surface area contributed by atoms with Gasteiger partial charge in [-0.3, -0.25) is 0 Å². The van der Waals surface area contributed by atoms with E-state index >= 15 is 0 Å². The van der Waals surface area contributed by atoms with Crippen molar-refractivity contribution < 1.29 is 4.74 Å². The molecule has 0 saturated carbocycles. The summed E-state index contributed by atoms with van der Waals surface area (Å²) in [7, 11) is 3.68. The Balaban J connectivity index is 3.21. The number of anilines is 1. The third-order valence-electron chi connectivity index (χ3n) is 2.53. The van der Waals surface area contributed by atoms with Crippen molar-refractivity contribution in [1.29, 1.82) is 0 Å². The van der Waals surface area contributed by atoms with Crippen molar-refractivity contribution in [1.82, 2.24) is 0 Å². The first-order valence-corrected chi connectivity index (χ1v) is 5.36. The first kappa shape index (κ1) is 12.6. The minimum atomic E-state index is -0.0570. The predicted octanol–water partition coefficient (Wildman–Crippen LogP) is 2.34. The van der Waals surface area contributed by atoms with Crippen LogP contribution in [0.1, 0.15) is 18.5 Å². The Kier molecular flexibility index (Phi) is 4.38. The lowest BCUT2D eigenvalue weighted by Crippen LogP contribution is -2.21. The molecule has 0 spiro atoms. The fourth-order valence-electron chi connectivity index (χ4n) is 1.79. The fraction of sp³-hybridized carbons (Fsp3) is 0.385. The number of hydrogen-bond acceptors (Lipinski definition) is 3. The van der Waals surface area contributed by atoms with Crippen LogP contribution < -0.4 is 15.4 Å². The maximum absolute atomic E-state index is 5.99. The lowest BCUT2D eigenvalue weighted by atomic mass is 10.0. The second-order valence-corrected chi connectivity index (χ2v) is 3.85. The van der Waals surface area contributed by atoms with Crippen LogP contribution in [0.4, 0.5) is 5.69 Å². The van der Waals surface area contributed by atoms with Crippen LogP contribution in [0, 0.1) is 0 Å². The number of hydrogen-bond donors (Lipinski definition) is 1. The summed E-state index contributed by atoms with van der Waals surface area (Å²) in [6.07, 6.45) is 1.87. The molecule has 0 aromatic heterocycles. The van der Waals surface area contributed by atoms with Gasteiger partial charge in [-0.2, -0.15) is 0 Å². The number of rotatable bonds is 5. The molecule has 3 nitrogen and oxygen atoms in total. The third kappa shape index (κ3) is 2.55. The molecule has 0 aliphatic rings. The van der Waals surface area contributed by atoms with Crippen LogP contribution in [0.3, 0.4) is 0 Å². The Labute approximate surface area is 97.5 Å². The smallest absolute Gasteiger partial charge is 0.125 e. The highest BCUT2D eigenvalue weighted by Gasteiger charge is 2.14. The zero-order valence-corrected chi connectivity index (χ0v) is 10.2. The van der Waals surface area contributed by atoms with E-state index in [9.17, 15) is 0 Å². The van der Waals surface area contributed by atoms with Crippen molar-refractivity contribution in [2.45, 2.75) is 13.0 Å². The summed E-state index contributed by atoms with van der Waals surface area (Å²) in [5.41, 5.74) is 8.12. The standard InChI is InChI=1S/C13H20N2O/c1-5-9-15(3)11-7-6-8-12(16-4)13(11)10(2)14/h5-8,10H,1,9,14H2,2-4H3/t10-/m0/s1. The van der Waals surface area contributed by atoms with E-state index in [1.807, 2.05) is 38.2 Å². The Hall–Kier alpha value is -1.48. The van der Waals surface area contributed by atoms with Crippen LogP contribution in [0.5, 0.6) is 5.75 Å². The molecule has 1 atom stereocenters. The molecule has 0 unspecified atom stereocenters. The predicted molar refractivity (Wildman–Crippen MR) is 69.1 cm³/mol. The number of nitrogens with zero attached hydrogens (tertiary/aromatic N) is 1. The molecule has 3 heteroatoms. The van der Waals surface area contributed by atoms with Gasteiger partial charge in [-0.05, 0) is 19.1 Å². The van der Waals surface area contributed by atoms with Crippen molar-refractivity contribution in [3.05, 3.63) is 36.4 Å². The van der Waals surface area contributed by atoms with Crippen LogP contribution in [-0.4, -0.2) is 20.7 Å². The first-order valence-electron chi connectivity index (χ1n) is 5.36. The second-order valence-electron chi connectivity index (χ2n) is 3.85. The largest absolute Gasteiger partial charge is 0.496 e. The van der Waals surface area contributed by atoms with E-state index in [-0.39, 0.29) is 6.04 Å². The molecular formula is C13H20N2O. The summed E-state index contributed by atoms with van der Waals surface area (Å²) in [5.74, 6) is 0.836. The van der Waals surface area contributed by atoms with Crippen LogP contribution in [-0.2, 0) is 0 Å². The highest BCUT2D eigenvalue weighted by molar-refractivity contribution is 5.60. The first-order chi connectivity index (χ1) is 7.61. The summed E-state index contributed by atoms with van der Waals surface area (Å²) in [4.78, 5) is 2.11. The third-order valence-corrected chi connectivity index (χ3v) is 2.53. The van der Waals surface area contributed by atoms with E-state index in [2.05, 4.69) is 11.5 Å². The van der Waals surface area contributed by atoms with Crippen LogP contribution >= 0.6 is 0 Å². The van der Waals surface area contributed by atoms with Gasteiger partial charge >= 0.3 is 0 Å². The van der Waals surface area contributed by atoms with Gasteiger partial charge in [0, 0.05) is 30.9 Å². The van der Waals surface area contributed by atoms with E-state index in [4.69, 9.17) is 10.5 Å². The van der Waals surface area contributed by atoms with Gasteiger partial charge in [0.1, 0.15) is 5.75 Å². The molecule has 0 aliphatic heterocycles. The number of benzene rings is 1. The minimum absolute atomic E-state index is 0.0570. The molecule has 88 valence electrons. The molecule has 1 rings (SSSR count). The van der Waals surface area contributed by atoms with E-state index in [1.54, 1.807) is 7.11 Å². The van der Waals surface area contributed by atoms with Crippen molar-refractivity contribution in [3.63, 3.8) is 0 Å². The Morgan fingerprint density at radius 1 is 1.56 bits per heavy atom. The van der Waals surface area contributed by atoms with Gasteiger partial charge in [0.15, 0.2) is 0 Å². The molecule has 0 aliphatic carbocycles. The second kappa shape index (κ2) is 5.56. The molecular weight excluding hydrogens is 200 g/mol. The Morgan fingerprint density at radius 2 is 2.25 bits per heavy atom. The maximum Gasteiger partial charge on any atom is 0.125 e. The summed E-state index contributed by atoms with van der Waals surface area (Å²) in [5, 5.41) is 0. The molecule has 1 aromatic rings. The summed E-state index contributed by atoms with van der Waals surface area (Å²) in [6.45, 7) is 6.49. The van der Waals surface area contributed by atoms with Crippen molar-refractivity contribution in [2.75, 3.05) is 25.6 Å². The van der Waals surface area contributed by atoms with Crippen LogP contribution in [0.25, 0.3) is 0 Å². The molecule has 2 N–H and O–H groups in total. The maximum atomic E-state index is 5.99. The SMILES string of the molecule is C=CCN(C)c1cccc(OC)c1[C@H](C)N. The van der Waals surface area contributed by atoms with Gasteiger partial charge in [-0.1, -0.05) is 12.1 Å². The van der Waals surface area contributed by atoms with Gasteiger partial charge in [-0.15, -0.1) is 6.58 Å². The molecule has 1 aromatic carbocycles. The van der Waals surface area contributed by atoms with Crippen molar-refractivity contribution >= 4 is 5.69 Å². The normalized spacial score (nSPS) is 12.0. The molecule has 0 radical (unpaired) electrons. The lowest BCUT2D eigenvalue weighted by Gasteiger charge is -2.24. The molecule has 0 amide bonds. The van der Waals surface area contributed by atoms with Crippen LogP contribution in [0.2, 0.25) is 0 Å². The van der Waals surface area contributed by atoms with Gasteiger partial charge in [0.2, 0.25) is 0 Å². The number of nitrogens with two attached hydrogens (primary N) is 1. The molecule has 0 bridgehead atoms. The zero-order chi connectivity index (χ0) is 12.1. The van der Waals surface area contributed by atoms with Crippen molar-refractivity contribution in [2.24, 2.45) is 5.73 Å². The highest BCUT2D eigenvalue weighted by Crippen LogP contribution is 2.32. The quantitative estimate of drug-likeness (QED) is 0.774. The lowest BCUT2D eigenvalue weighted by molar-refractivity contribution is 0.407. The highest BCUT2D eigenvalue weighted by atomic mass is 16.5. The van der Waals surface area contributed by atoms with Gasteiger partial charge in [-0.25, -0.2) is 0 Å².